The lowest BCUT2D eigenvalue weighted by molar-refractivity contribution is 0.553. The fourth-order valence-corrected chi connectivity index (χ4v) is 1.86. The Labute approximate surface area is 92.1 Å². The molecule has 0 aromatic carbocycles. The molecule has 4 nitrogen and oxygen atoms in total. The number of nitrogens with zero attached hydrogens (tertiary/aromatic N) is 2. The van der Waals surface area contributed by atoms with Gasteiger partial charge in [0.15, 0.2) is 0 Å². The van der Waals surface area contributed by atoms with E-state index in [1.54, 1.807) is 24.3 Å². The Bertz CT molecular complexity index is 513. The fraction of sp³-hybridized carbons (Fsp3) is 0.167. The number of hydrogen-bond donors (Lipinski definition) is 0. The van der Waals surface area contributed by atoms with Gasteiger partial charge in [0.25, 0.3) is 0 Å². The number of rotatable bonds is 2. The summed E-state index contributed by atoms with van der Waals surface area (Å²) >= 11 is 0. The molecule has 0 bridgehead atoms. The van der Waals surface area contributed by atoms with Crippen LogP contribution < -0.4 is 0 Å². The molecule has 4 heteroatoms. The van der Waals surface area contributed by atoms with Gasteiger partial charge in [-0.05, 0) is 11.6 Å². The first-order chi connectivity index (χ1) is 7.86. The van der Waals surface area contributed by atoms with Gasteiger partial charge in [0.2, 0.25) is 12.2 Å². The van der Waals surface area contributed by atoms with E-state index in [1.807, 2.05) is 18.2 Å². The van der Waals surface area contributed by atoms with E-state index in [0.717, 1.165) is 5.57 Å². The first-order valence-electron chi connectivity index (χ1n) is 4.79. The lowest BCUT2D eigenvalue weighted by Gasteiger charge is -2.25. The van der Waals surface area contributed by atoms with Crippen LogP contribution in [0.2, 0.25) is 0 Å². The average molecular weight is 212 g/mol. The van der Waals surface area contributed by atoms with Crippen molar-refractivity contribution in [3.05, 3.63) is 47.7 Å². The van der Waals surface area contributed by atoms with Gasteiger partial charge in [0, 0.05) is 5.92 Å². The Kier molecular flexibility index (Phi) is 2.88. The predicted octanol–water partition coefficient (Wildman–Crippen LogP) is 1.59. The molecule has 0 aliphatic heterocycles. The first kappa shape index (κ1) is 10.2. The van der Waals surface area contributed by atoms with E-state index < -0.39 is 0 Å². The molecule has 0 heterocycles. The molecule has 0 radical (unpaired) electrons. The highest BCUT2D eigenvalue weighted by atomic mass is 16.1. The number of isocyanates is 2. The highest BCUT2D eigenvalue weighted by molar-refractivity contribution is 5.52. The molecule has 0 saturated carbocycles. The Balaban J connectivity index is 2.41. The molecule has 0 fully saturated rings. The van der Waals surface area contributed by atoms with E-state index >= 15 is 0 Å². The Hall–Kier alpha value is -2.28. The van der Waals surface area contributed by atoms with Crippen LogP contribution in [0.25, 0.3) is 0 Å². The number of aliphatic imine (C=N–C) groups is 2. The second kappa shape index (κ2) is 4.49. The number of fused-ring (bicyclic) bond motifs is 1. The summed E-state index contributed by atoms with van der Waals surface area (Å²) in [5.74, 6) is -0.0523. The lowest BCUT2D eigenvalue weighted by Crippen LogP contribution is -2.21. The summed E-state index contributed by atoms with van der Waals surface area (Å²) in [5, 5.41) is 0. The van der Waals surface area contributed by atoms with Gasteiger partial charge >= 0.3 is 0 Å². The van der Waals surface area contributed by atoms with Crippen LogP contribution >= 0.6 is 0 Å². The minimum atomic E-state index is -0.265. The number of hydrogen-bond acceptors (Lipinski definition) is 4. The Morgan fingerprint density at radius 3 is 2.62 bits per heavy atom. The molecule has 0 aromatic rings. The normalized spacial score (nSPS) is 25.8. The summed E-state index contributed by atoms with van der Waals surface area (Å²) in [7, 11) is 0. The molecule has 0 saturated heterocycles. The predicted molar refractivity (Wildman–Crippen MR) is 58.0 cm³/mol. The number of carbonyl (C=O) groups excluding carboxylic acids is 2. The van der Waals surface area contributed by atoms with E-state index in [9.17, 15) is 9.59 Å². The molecule has 2 aliphatic rings. The summed E-state index contributed by atoms with van der Waals surface area (Å²) in [6.07, 6.45) is 14.0. The third kappa shape index (κ3) is 1.75. The van der Waals surface area contributed by atoms with Crippen LogP contribution in [0.5, 0.6) is 0 Å². The zero-order valence-corrected chi connectivity index (χ0v) is 8.33. The second-order valence-corrected chi connectivity index (χ2v) is 3.38. The maximum absolute atomic E-state index is 10.3. The molecule has 2 unspecified atom stereocenters. The van der Waals surface area contributed by atoms with Crippen molar-refractivity contribution in [3.8, 4) is 0 Å². The van der Waals surface area contributed by atoms with E-state index in [0.29, 0.717) is 5.70 Å². The molecule has 2 atom stereocenters. The third-order valence-electron chi connectivity index (χ3n) is 2.55. The molecule has 2 aliphatic carbocycles. The van der Waals surface area contributed by atoms with Gasteiger partial charge < -0.3 is 0 Å². The van der Waals surface area contributed by atoms with E-state index in [-0.39, 0.29) is 12.0 Å². The van der Waals surface area contributed by atoms with Gasteiger partial charge in [-0.3, -0.25) is 0 Å². The van der Waals surface area contributed by atoms with Gasteiger partial charge in [0.1, 0.15) is 0 Å². The van der Waals surface area contributed by atoms with Gasteiger partial charge in [-0.2, -0.15) is 9.98 Å². The smallest absolute Gasteiger partial charge is 0.211 e. The zero-order valence-electron chi connectivity index (χ0n) is 8.33. The van der Waals surface area contributed by atoms with Crippen LogP contribution in [0.4, 0.5) is 0 Å². The molecule has 0 aromatic heterocycles. The standard InChI is InChI=1S/C12H8N2O2/c15-7-13-11-5-1-3-9-10(11)4-2-6-12(9)14-8-16/h1-6,9,12H. The topological polar surface area (TPSA) is 58.9 Å². The highest BCUT2D eigenvalue weighted by Gasteiger charge is 2.26. The summed E-state index contributed by atoms with van der Waals surface area (Å²) in [6.45, 7) is 0. The van der Waals surface area contributed by atoms with Crippen LogP contribution in [0, 0.1) is 5.92 Å². The average Bonchev–Trinajstić information content (AvgIpc) is 2.31. The van der Waals surface area contributed by atoms with Crippen molar-refractivity contribution < 1.29 is 9.59 Å². The third-order valence-corrected chi connectivity index (χ3v) is 2.55. The van der Waals surface area contributed by atoms with Crippen molar-refractivity contribution >= 4 is 12.2 Å². The molecule has 0 spiro atoms. The summed E-state index contributed by atoms with van der Waals surface area (Å²) in [5.41, 5.74) is 1.44. The SMILES string of the molecule is O=C=NC1=CC=CC2C1=CC=CC2N=C=O. The number of allylic oxidation sites excluding steroid dienone is 5. The molecule has 16 heavy (non-hydrogen) atoms. The van der Waals surface area contributed by atoms with E-state index in [2.05, 4.69) is 9.98 Å². The van der Waals surface area contributed by atoms with Crippen molar-refractivity contribution in [2.45, 2.75) is 6.04 Å². The van der Waals surface area contributed by atoms with Gasteiger partial charge in [-0.25, -0.2) is 9.59 Å². The lowest BCUT2D eigenvalue weighted by atomic mass is 9.83. The van der Waals surface area contributed by atoms with E-state index in [4.69, 9.17) is 0 Å². The quantitative estimate of drug-likeness (QED) is 0.515. The zero-order chi connectivity index (χ0) is 11.4. The second-order valence-electron chi connectivity index (χ2n) is 3.38. The summed E-state index contributed by atoms with van der Waals surface area (Å²) < 4.78 is 0. The van der Waals surface area contributed by atoms with Crippen LogP contribution in [0.1, 0.15) is 0 Å². The molecule has 0 amide bonds. The van der Waals surface area contributed by atoms with Gasteiger partial charge in [-0.1, -0.05) is 30.4 Å². The van der Waals surface area contributed by atoms with Crippen molar-refractivity contribution in [2.75, 3.05) is 0 Å². The van der Waals surface area contributed by atoms with Gasteiger partial charge in [-0.15, -0.1) is 0 Å². The fourth-order valence-electron chi connectivity index (χ4n) is 1.86. The van der Waals surface area contributed by atoms with Crippen LogP contribution in [-0.2, 0) is 9.59 Å². The summed E-state index contributed by atoms with van der Waals surface area (Å²) in [6, 6.07) is -0.265. The maximum Gasteiger partial charge on any atom is 0.240 e. The maximum atomic E-state index is 10.3. The van der Waals surface area contributed by atoms with Crippen LogP contribution in [0.15, 0.2) is 57.7 Å². The monoisotopic (exact) mass is 212 g/mol. The largest absolute Gasteiger partial charge is 0.240 e. The molecule has 78 valence electrons. The minimum absolute atomic E-state index is 0.0523. The molecular formula is C12H8N2O2. The molecule has 2 rings (SSSR count). The van der Waals surface area contributed by atoms with Gasteiger partial charge in [0.05, 0.1) is 11.7 Å². The molecule has 0 N–H and O–H groups in total. The highest BCUT2D eigenvalue weighted by Crippen LogP contribution is 2.33. The first-order valence-corrected chi connectivity index (χ1v) is 4.79. The van der Waals surface area contributed by atoms with Crippen molar-refractivity contribution in [1.29, 1.82) is 0 Å². The molecular weight excluding hydrogens is 204 g/mol. The van der Waals surface area contributed by atoms with E-state index in [1.165, 1.54) is 6.08 Å². The summed E-state index contributed by atoms with van der Waals surface area (Å²) in [4.78, 5) is 27.9. The van der Waals surface area contributed by atoms with Crippen molar-refractivity contribution in [3.63, 3.8) is 0 Å². The Morgan fingerprint density at radius 1 is 1.06 bits per heavy atom. The van der Waals surface area contributed by atoms with Crippen molar-refractivity contribution in [1.82, 2.24) is 0 Å². The van der Waals surface area contributed by atoms with Crippen molar-refractivity contribution in [2.24, 2.45) is 15.9 Å². The Morgan fingerprint density at radius 2 is 1.88 bits per heavy atom. The van der Waals surface area contributed by atoms with Crippen LogP contribution in [-0.4, -0.2) is 18.2 Å². The minimum Gasteiger partial charge on any atom is -0.211 e. The van der Waals surface area contributed by atoms with Crippen LogP contribution in [0.3, 0.4) is 0 Å².